The second kappa shape index (κ2) is 8.50. The molecule has 4 heterocycles. The third-order valence-corrected chi connectivity index (χ3v) is 5.64. The first-order chi connectivity index (χ1) is 16.5. The van der Waals surface area contributed by atoms with E-state index in [9.17, 15) is 4.79 Å². The van der Waals surface area contributed by atoms with E-state index < -0.39 is 0 Å². The SMILES string of the molecule is CCC(Nc1c(-c2nc3cc(OC)c(OC)cc3[nH]2)c(=O)[nH]c2cn(C)nc12)c1ncccn1. The molecule has 1 unspecified atom stereocenters. The highest BCUT2D eigenvalue weighted by Crippen LogP contribution is 2.35. The molecule has 0 amide bonds. The first-order valence-electron chi connectivity index (χ1n) is 10.8. The molecule has 0 aliphatic carbocycles. The lowest BCUT2D eigenvalue weighted by Crippen LogP contribution is -2.18. The molecule has 0 saturated heterocycles. The summed E-state index contributed by atoms with van der Waals surface area (Å²) in [5.74, 6) is 2.13. The van der Waals surface area contributed by atoms with E-state index in [1.807, 2.05) is 6.92 Å². The molecule has 4 aromatic heterocycles. The molecule has 0 saturated carbocycles. The molecule has 11 nitrogen and oxygen atoms in total. The molecule has 5 rings (SSSR count). The Hall–Kier alpha value is -4.41. The molecule has 11 heteroatoms. The Morgan fingerprint density at radius 2 is 1.82 bits per heavy atom. The molecule has 0 bridgehead atoms. The largest absolute Gasteiger partial charge is 0.493 e. The Bertz CT molecular complexity index is 1500. The van der Waals surface area contributed by atoms with Crippen molar-refractivity contribution < 1.29 is 9.47 Å². The minimum Gasteiger partial charge on any atom is -0.493 e. The highest BCUT2D eigenvalue weighted by atomic mass is 16.5. The minimum absolute atomic E-state index is 0.239. The lowest BCUT2D eigenvalue weighted by molar-refractivity contribution is 0.356. The van der Waals surface area contributed by atoms with Crippen molar-refractivity contribution in [2.75, 3.05) is 19.5 Å². The fourth-order valence-electron chi connectivity index (χ4n) is 4.02. The van der Waals surface area contributed by atoms with Gasteiger partial charge in [-0.05, 0) is 12.5 Å². The van der Waals surface area contributed by atoms with Crippen LogP contribution >= 0.6 is 0 Å². The van der Waals surface area contributed by atoms with Crippen LogP contribution in [0.1, 0.15) is 25.2 Å². The van der Waals surface area contributed by atoms with E-state index in [2.05, 4.69) is 30.4 Å². The second-order valence-electron chi connectivity index (χ2n) is 7.79. The van der Waals surface area contributed by atoms with E-state index in [4.69, 9.17) is 14.5 Å². The van der Waals surface area contributed by atoms with Crippen LogP contribution in [-0.4, -0.2) is 48.9 Å². The van der Waals surface area contributed by atoms with Gasteiger partial charge in [-0.1, -0.05) is 6.92 Å². The van der Waals surface area contributed by atoms with Gasteiger partial charge >= 0.3 is 0 Å². The van der Waals surface area contributed by atoms with E-state index in [1.54, 1.807) is 62.7 Å². The maximum atomic E-state index is 13.3. The zero-order valence-corrected chi connectivity index (χ0v) is 19.2. The Labute approximate surface area is 194 Å². The van der Waals surface area contributed by atoms with Crippen LogP contribution in [0.4, 0.5) is 5.69 Å². The van der Waals surface area contributed by atoms with Gasteiger partial charge in [-0.2, -0.15) is 5.10 Å². The number of ether oxygens (including phenoxy) is 2. The predicted molar refractivity (Wildman–Crippen MR) is 128 cm³/mol. The van der Waals surface area contributed by atoms with Crippen molar-refractivity contribution in [3.63, 3.8) is 0 Å². The van der Waals surface area contributed by atoms with Gasteiger partial charge in [0.05, 0.1) is 42.5 Å². The lowest BCUT2D eigenvalue weighted by Gasteiger charge is -2.18. The van der Waals surface area contributed by atoms with Crippen molar-refractivity contribution >= 4 is 27.8 Å². The molecule has 0 aliphatic rings. The monoisotopic (exact) mass is 460 g/mol. The number of anilines is 1. The topological polar surface area (TPSA) is 136 Å². The summed E-state index contributed by atoms with van der Waals surface area (Å²) in [5.41, 5.74) is 3.16. The average Bonchev–Trinajstić information content (AvgIpc) is 3.43. The first-order valence-corrected chi connectivity index (χ1v) is 10.8. The number of imidazole rings is 1. The Morgan fingerprint density at radius 3 is 2.53 bits per heavy atom. The van der Waals surface area contributed by atoms with Gasteiger partial charge in [0.15, 0.2) is 11.5 Å². The maximum Gasteiger partial charge on any atom is 0.261 e. The van der Waals surface area contributed by atoms with E-state index >= 15 is 0 Å². The number of benzene rings is 1. The number of H-pyrrole nitrogens is 2. The van der Waals surface area contributed by atoms with Crippen LogP contribution in [0.2, 0.25) is 0 Å². The summed E-state index contributed by atoms with van der Waals surface area (Å²) in [6.45, 7) is 2.02. The van der Waals surface area contributed by atoms with Crippen molar-refractivity contribution in [2.24, 2.45) is 7.05 Å². The molecular weight excluding hydrogens is 436 g/mol. The average molecular weight is 460 g/mol. The van der Waals surface area contributed by atoms with Crippen molar-refractivity contribution in [1.82, 2.24) is 34.7 Å². The summed E-state index contributed by atoms with van der Waals surface area (Å²) in [7, 11) is 4.94. The van der Waals surface area contributed by atoms with Gasteiger partial charge in [-0.15, -0.1) is 0 Å². The molecule has 1 atom stereocenters. The van der Waals surface area contributed by atoms with Crippen molar-refractivity contribution in [3.8, 4) is 22.9 Å². The highest BCUT2D eigenvalue weighted by molar-refractivity contribution is 5.96. The normalized spacial score (nSPS) is 12.2. The minimum atomic E-state index is -0.301. The third-order valence-electron chi connectivity index (χ3n) is 5.64. The zero-order chi connectivity index (χ0) is 23.8. The van der Waals surface area contributed by atoms with Gasteiger partial charge < -0.3 is 24.8 Å². The molecule has 34 heavy (non-hydrogen) atoms. The number of hydrogen-bond acceptors (Lipinski definition) is 8. The number of aryl methyl sites for hydroxylation is 1. The number of hydrogen-bond donors (Lipinski definition) is 3. The number of methoxy groups -OCH3 is 2. The first kappa shape index (κ1) is 21.4. The predicted octanol–water partition coefficient (Wildman–Crippen LogP) is 3.18. The van der Waals surface area contributed by atoms with E-state index in [0.717, 1.165) is 0 Å². The Balaban J connectivity index is 1.72. The third kappa shape index (κ3) is 3.60. The molecule has 0 aliphatic heterocycles. The molecular formula is C23H24N8O3. The Morgan fingerprint density at radius 1 is 1.09 bits per heavy atom. The highest BCUT2D eigenvalue weighted by Gasteiger charge is 2.24. The fourth-order valence-corrected chi connectivity index (χ4v) is 4.02. The summed E-state index contributed by atoms with van der Waals surface area (Å²) in [6, 6.07) is 5.08. The smallest absolute Gasteiger partial charge is 0.261 e. The van der Waals surface area contributed by atoms with Crippen LogP contribution in [0.3, 0.4) is 0 Å². The summed E-state index contributed by atoms with van der Waals surface area (Å²) in [4.78, 5) is 33.0. The summed E-state index contributed by atoms with van der Waals surface area (Å²) in [6.07, 6.45) is 5.85. The van der Waals surface area contributed by atoms with Crippen molar-refractivity contribution in [2.45, 2.75) is 19.4 Å². The number of rotatable bonds is 7. The fraction of sp³-hybridized carbons (Fsp3) is 0.261. The van der Waals surface area contributed by atoms with Crippen LogP contribution in [0, 0.1) is 0 Å². The zero-order valence-electron chi connectivity index (χ0n) is 19.2. The van der Waals surface area contributed by atoms with Gasteiger partial charge in [0.1, 0.15) is 22.7 Å². The van der Waals surface area contributed by atoms with Gasteiger partial charge in [0, 0.05) is 37.8 Å². The van der Waals surface area contributed by atoms with Crippen LogP contribution in [-0.2, 0) is 7.05 Å². The second-order valence-corrected chi connectivity index (χ2v) is 7.79. The maximum absolute atomic E-state index is 13.3. The number of aromatic nitrogens is 7. The van der Waals surface area contributed by atoms with Gasteiger partial charge in [0.25, 0.3) is 5.56 Å². The van der Waals surface area contributed by atoms with Crippen LogP contribution in [0.5, 0.6) is 11.5 Å². The molecule has 1 aromatic carbocycles. The molecule has 5 aromatic rings. The van der Waals surface area contributed by atoms with Crippen molar-refractivity contribution in [1.29, 1.82) is 0 Å². The summed E-state index contributed by atoms with van der Waals surface area (Å²) < 4.78 is 12.5. The summed E-state index contributed by atoms with van der Waals surface area (Å²) in [5, 5.41) is 8.06. The van der Waals surface area contributed by atoms with Crippen LogP contribution < -0.4 is 20.3 Å². The number of pyridine rings is 1. The van der Waals surface area contributed by atoms with Gasteiger partial charge in [0.2, 0.25) is 0 Å². The molecule has 174 valence electrons. The van der Waals surface area contributed by atoms with Crippen molar-refractivity contribution in [3.05, 3.63) is 53.0 Å². The quantitative estimate of drug-likeness (QED) is 0.337. The van der Waals surface area contributed by atoms with E-state index in [1.165, 1.54) is 0 Å². The van der Waals surface area contributed by atoms with Crippen LogP contribution in [0.25, 0.3) is 33.5 Å². The molecule has 0 fully saturated rings. The number of aromatic amines is 2. The molecule has 0 radical (unpaired) electrons. The van der Waals surface area contributed by atoms with Gasteiger partial charge in [-0.25, -0.2) is 15.0 Å². The van der Waals surface area contributed by atoms with E-state index in [0.29, 0.717) is 62.9 Å². The van der Waals surface area contributed by atoms with E-state index in [-0.39, 0.29) is 11.6 Å². The van der Waals surface area contributed by atoms with Gasteiger partial charge in [-0.3, -0.25) is 9.48 Å². The standard InChI is InChI=1S/C23H24N8O3/c1-5-12(21-24-7-6-8-25-21)26-20-18(23(32)29-15-11-31(2)30-19(15)20)22-27-13-9-16(33-3)17(34-4)10-14(13)28-22/h6-12,26H,5H2,1-4H3,(H,27,28)(H,29,32). The summed E-state index contributed by atoms with van der Waals surface area (Å²) >= 11 is 0. The number of nitrogens with zero attached hydrogens (tertiary/aromatic N) is 5. The Kier molecular flexibility index (Phi) is 5.36. The lowest BCUT2D eigenvalue weighted by atomic mass is 10.1. The van der Waals surface area contributed by atoms with Crippen LogP contribution in [0.15, 0.2) is 41.6 Å². The molecule has 3 N–H and O–H groups in total. The number of nitrogens with one attached hydrogen (secondary N) is 3. The number of fused-ring (bicyclic) bond motifs is 2. The molecule has 0 spiro atoms.